The number of hydrogen-bond donors (Lipinski definition) is 0. The van der Waals surface area contributed by atoms with Crippen LogP contribution in [0.5, 0.6) is 0 Å². The molecule has 1 aliphatic rings. The van der Waals surface area contributed by atoms with Crippen molar-refractivity contribution in [2.75, 3.05) is 14.2 Å². The summed E-state index contributed by atoms with van der Waals surface area (Å²) in [5.41, 5.74) is 2.27. The zero-order chi connectivity index (χ0) is 20.7. The molecule has 8 nitrogen and oxygen atoms in total. The number of rotatable bonds is 9. The maximum Gasteiger partial charge on any atom is 0.360 e. The Labute approximate surface area is 164 Å². The van der Waals surface area contributed by atoms with Gasteiger partial charge >= 0.3 is 5.97 Å². The fraction of sp³-hybridized carbons (Fsp3) is 0.450. The molecule has 1 fully saturated rings. The van der Waals surface area contributed by atoms with Crippen LogP contribution in [0.25, 0.3) is 0 Å². The molecule has 0 N–H and O–H groups in total. The van der Waals surface area contributed by atoms with Gasteiger partial charge in [0, 0.05) is 16.5 Å². The van der Waals surface area contributed by atoms with Gasteiger partial charge in [-0.1, -0.05) is 48.4 Å². The van der Waals surface area contributed by atoms with Crippen LogP contribution in [0.2, 0.25) is 0 Å². The van der Waals surface area contributed by atoms with Crippen molar-refractivity contribution in [3.63, 3.8) is 0 Å². The number of carbonyl (C=O) groups excluding carboxylic acids is 2. The number of nitrogens with zero attached hydrogens (tertiary/aromatic N) is 3. The Hall–Kier alpha value is -3.03. The summed E-state index contributed by atoms with van der Waals surface area (Å²) >= 11 is 0. The second kappa shape index (κ2) is 9.25. The summed E-state index contributed by atoms with van der Waals surface area (Å²) in [6, 6.07) is 7.09. The average Bonchev–Trinajstić information content (AvgIpc) is 3.31. The predicted octanol–water partition coefficient (Wildman–Crippen LogP) is 2.75. The molecule has 1 aliphatic carbocycles. The fourth-order valence-corrected chi connectivity index (χ4v) is 3.12. The maximum absolute atomic E-state index is 12.0. The Morgan fingerprint density at radius 2 is 1.96 bits per heavy atom. The van der Waals surface area contributed by atoms with Crippen LogP contribution < -0.4 is 0 Å². The van der Waals surface area contributed by atoms with E-state index in [2.05, 4.69) is 29.2 Å². The molecular formula is C20H25N3O5. The fourth-order valence-electron chi connectivity index (χ4n) is 3.12. The van der Waals surface area contributed by atoms with Crippen LogP contribution >= 0.6 is 0 Å². The number of carbonyl (C=O) groups is 2. The highest BCUT2D eigenvalue weighted by Crippen LogP contribution is 2.53. The molecule has 1 aromatic rings. The molecule has 0 spiro atoms. The summed E-state index contributed by atoms with van der Waals surface area (Å²) in [6.45, 7) is 6.01. The molecule has 2 rings (SSSR count). The molecule has 0 saturated heterocycles. The predicted molar refractivity (Wildman–Crippen MR) is 105 cm³/mol. The highest BCUT2D eigenvalue weighted by molar-refractivity contribution is 6.45. The van der Waals surface area contributed by atoms with Gasteiger partial charge in [0.05, 0.1) is 18.5 Å². The van der Waals surface area contributed by atoms with Crippen LogP contribution in [-0.2, 0) is 30.6 Å². The van der Waals surface area contributed by atoms with Crippen LogP contribution in [-0.4, -0.2) is 43.7 Å². The summed E-state index contributed by atoms with van der Waals surface area (Å²) in [5, 5.41) is 7.89. The number of benzene rings is 1. The smallest absolute Gasteiger partial charge is 0.360 e. The molecule has 0 aliphatic heterocycles. The van der Waals surface area contributed by atoms with E-state index in [-0.39, 0.29) is 17.7 Å². The lowest BCUT2D eigenvalue weighted by Gasteiger charge is -2.13. The highest BCUT2D eigenvalue weighted by atomic mass is 16.6. The van der Waals surface area contributed by atoms with Crippen molar-refractivity contribution in [2.24, 2.45) is 26.6 Å². The van der Waals surface area contributed by atoms with E-state index >= 15 is 0 Å². The minimum atomic E-state index is -0.620. The van der Waals surface area contributed by atoms with Gasteiger partial charge in [-0.05, 0) is 19.3 Å². The number of methoxy groups -OCH3 is 1. The van der Waals surface area contributed by atoms with Gasteiger partial charge in [-0.25, -0.2) is 9.79 Å². The van der Waals surface area contributed by atoms with Crippen molar-refractivity contribution >= 4 is 29.5 Å². The SMILES string of the molecule is CO/N=C(/C(=O)OC)c1ccccc1CO/N=C(\C)C(=NC=O)C1(C)CC1C. The molecule has 0 aromatic heterocycles. The first-order valence-corrected chi connectivity index (χ1v) is 8.85. The van der Waals surface area contributed by atoms with Crippen molar-refractivity contribution in [3.8, 4) is 0 Å². The van der Waals surface area contributed by atoms with Crippen molar-refractivity contribution in [1.82, 2.24) is 0 Å². The molecular weight excluding hydrogens is 362 g/mol. The second-order valence-corrected chi connectivity index (χ2v) is 6.83. The molecule has 0 radical (unpaired) electrons. The van der Waals surface area contributed by atoms with Crippen LogP contribution in [0.4, 0.5) is 0 Å². The first kappa shape index (κ1) is 21.3. The molecule has 1 aromatic carbocycles. The third-order valence-electron chi connectivity index (χ3n) is 4.98. The van der Waals surface area contributed by atoms with E-state index in [1.807, 2.05) is 6.07 Å². The van der Waals surface area contributed by atoms with Gasteiger partial charge in [0.2, 0.25) is 6.41 Å². The highest BCUT2D eigenvalue weighted by Gasteiger charge is 2.51. The second-order valence-electron chi connectivity index (χ2n) is 6.83. The van der Waals surface area contributed by atoms with E-state index in [1.54, 1.807) is 25.1 Å². The van der Waals surface area contributed by atoms with Crippen molar-refractivity contribution in [3.05, 3.63) is 35.4 Å². The zero-order valence-corrected chi connectivity index (χ0v) is 16.8. The summed E-state index contributed by atoms with van der Waals surface area (Å²) in [4.78, 5) is 37.1. The summed E-state index contributed by atoms with van der Waals surface area (Å²) in [5.74, 6) is -0.185. The number of hydrogen-bond acceptors (Lipinski definition) is 7. The van der Waals surface area contributed by atoms with Crippen molar-refractivity contribution in [1.29, 1.82) is 0 Å². The molecule has 1 amide bonds. The Balaban J connectivity index is 2.20. The Kier molecular flexibility index (Phi) is 7.03. The van der Waals surface area contributed by atoms with Gasteiger partial charge in [-0.15, -0.1) is 0 Å². The van der Waals surface area contributed by atoms with E-state index in [4.69, 9.17) is 14.4 Å². The number of esters is 1. The molecule has 8 heteroatoms. The Bertz CT molecular complexity index is 831. The molecule has 0 heterocycles. The van der Waals surface area contributed by atoms with E-state index in [9.17, 15) is 9.59 Å². The van der Waals surface area contributed by atoms with Gasteiger partial charge < -0.3 is 14.4 Å². The van der Waals surface area contributed by atoms with Crippen LogP contribution in [0, 0.1) is 11.3 Å². The van der Waals surface area contributed by atoms with Gasteiger partial charge in [-0.2, -0.15) is 0 Å². The zero-order valence-electron chi connectivity index (χ0n) is 16.8. The Morgan fingerprint density at radius 3 is 2.54 bits per heavy atom. The van der Waals surface area contributed by atoms with Gasteiger partial charge in [0.1, 0.15) is 13.7 Å². The largest absolute Gasteiger partial charge is 0.464 e. The van der Waals surface area contributed by atoms with Gasteiger partial charge in [0.15, 0.2) is 5.71 Å². The molecule has 2 unspecified atom stereocenters. The molecule has 150 valence electrons. The van der Waals surface area contributed by atoms with E-state index in [0.717, 1.165) is 6.42 Å². The third kappa shape index (κ3) is 4.62. The standard InChI is InChI=1S/C20H25N3O5/c1-13-10-20(13,3)18(21-12-24)14(2)22-28-11-15-8-6-7-9-16(15)17(23-27-5)19(25)26-4/h6-9,12-13H,10-11H2,1-5H3/b21-18?,22-14+,23-17+. The quantitative estimate of drug-likeness (QED) is 0.281. The van der Waals surface area contributed by atoms with Crippen LogP contribution in [0.3, 0.4) is 0 Å². The van der Waals surface area contributed by atoms with Crippen molar-refractivity contribution < 1.29 is 24.0 Å². The van der Waals surface area contributed by atoms with Gasteiger partial charge in [-0.3, -0.25) is 4.79 Å². The number of oxime groups is 2. The Morgan fingerprint density at radius 1 is 1.29 bits per heavy atom. The number of amides is 1. The third-order valence-corrected chi connectivity index (χ3v) is 4.98. The molecule has 28 heavy (non-hydrogen) atoms. The topological polar surface area (TPSA) is 98.9 Å². The molecule has 2 atom stereocenters. The van der Waals surface area contributed by atoms with Crippen LogP contribution in [0.1, 0.15) is 38.3 Å². The summed E-state index contributed by atoms with van der Waals surface area (Å²) in [6.07, 6.45) is 1.48. The summed E-state index contributed by atoms with van der Waals surface area (Å²) in [7, 11) is 2.62. The molecule has 1 saturated carbocycles. The normalized spacial score (nSPS) is 22.5. The van der Waals surface area contributed by atoms with E-state index in [1.165, 1.54) is 14.2 Å². The minimum Gasteiger partial charge on any atom is -0.464 e. The molecule has 0 bridgehead atoms. The monoisotopic (exact) mass is 387 g/mol. The van der Waals surface area contributed by atoms with E-state index in [0.29, 0.717) is 34.9 Å². The lowest BCUT2D eigenvalue weighted by Crippen LogP contribution is -2.23. The number of ether oxygens (including phenoxy) is 1. The first-order valence-electron chi connectivity index (χ1n) is 8.85. The lowest BCUT2D eigenvalue weighted by atomic mass is 9.96. The van der Waals surface area contributed by atoms with Crippen molar-refractivity contribution in [2.45, 2.75) is 33.8 Å². The first-order chi connectivity index (χ1) is 13.4. The van der Waals surface area contributed by atoms with Crippen LogP contribution in [0.15, 0.2) is 39.6 Å². The van der Waals surface area contributed by atoms with Gasteiger partial charge in [0.25, 0.3) is 0 Å². The lowest BCUT2D eigenvalue weighted by molar-refractivity contribution is -0.132. The number of aliphatic imine (C=N–C) groups is 1. The average molecular weight is 387 g/mol. The maximum atomic E-state index is 12.0. The van der Waals surface area contributed by atoms with E-state index < -0.39 is 5.97 Å². The summed E-state index contributed by atoms with van der Waals surface area (Å²) < 4.78 is 4.76. The minimum absolute atomic E-state index is 0.0347.